The second kappa shape index (κ2) is 9.20. The van der Waals surface area contributed by atoms with E-state index in [1.807, 2.05) is 4.90 Å². The first kappa shape index (κ1) is 20.3. The van der Waals surface area contributed by atoms with Gasteiger partial charge in [-0.15, -0.1) is 22.7 Å². The predicted molar refractivity (Wildman–Crippen MR) is 121 cm³/mol. The Morgan fingerprint density at radius 1 is 1.17 bits per heavy atom. The minimum atomic E-state index is 0.276. The fraction of sp³-hybridized carbons (Fsp3) is 0.391. The molecule has 1 aromatic carbocycles. The Morgan fingerprint density at radius 2 is 2.03 bits per heavy atom. The Hall–Kier alpha value is -2.02. The first-order valence-corrected chi connectivity index (χ1v) is 11.9. The second-order valence-electron chi connectivity index (χ2n) is 7.76. The molecule has 1 fully saturated rings. The highest BCUT2D eigenvalue weighted by Gasteiger charge is 2.25. The van der Waals surface area contributed by atoms with Gasteiger partial charge in [-0.3, -0.25) is 9.69 Å². The highest BCUT2D eigenvalue weighted by Crippen LogP contribution is 2.28. The molecule has 4 nitrogen and oxygen atoms in total. The lowest BCUT2D eigenvalue weighted by atomic mass is 10.1. The maximum Gasteiger partial charge on any atom is 0.222 e. The average molecular weight is 426 g/mol. The van der Waals surface area contributed by atoms with Crippen molar-refractivity contribution in [2.75, 3.05) is 13.6 Å². The molecule has 6 heteroatoms. The number of carbonyl (C=O) groups is 1. The minimum Gasteiger partial charge on any atom is -0.338 e. The summed E-state index contributed by atoms with van der Waals surface area (Å²) in [5, 5.41) is 5.36. The van der Waals surface area contributed by atoms with Crippen LogP contribution < -0.4 is 0 Å². The summed E-state index contributed by atoms with van der Waals surface area (Å²) in [5.41, 5.74) is 3.62. The normalized spacial score (nSPS) is 17.7. The lowest BCUT2D eigenvalue weighted by Crippen LogP contribution is -2.33. The molecule has 0 radical (unpaired) electrons. The van der Waals surface area contributed by atoms with Crippen LogP contribution in [0.5, 0.6) is 0 Å². The van der Waals surface area contributed by atoms with Crippen molar-refractivity contribution < 1.29 is 4.79 Å². The van der Waals surface area contributed by atoms with E-state index in [9.17, 15) is 4.79 Å². The van der Waals surface area contributed by atoms with Crippen molar-refractivity contribution in [3.05, 3.63) is 64.0 Å². The number of thiazole rings is 1. The van der Waals surface area contributed by atoms with Gasteiger partial charge in [0.1, 0.15) is 5.01 Å². The van der Waals surface area contributed by atoms with Crippen molar-refractivity contribution in [2.45, 2.75) is 45.3 Å². The Bertz CT molecular complexity index is 951. The van der Waals surface area contributed by atoms with E-state index in [-0.39, 0.29) is 5.91 Å². The minimum absolute atomic E-state index is 0.276. The number of likely N-dealkylation sites (tertiary alicyclic amines) is 1. The summed E-state index contributed by atoms with van der Waals surface area (Å²) in [5.74, 6) is 0.276. The van der Waals surface area contributed by atoms with Crippen molar-refractivity contribution in [3.63, 3.8) is 0 Å². The molecular formula is C23H27N3OS2. The van der Waals surface area contributed by atoms with Gasteiger partial charge in [-0.1, -0.05) is 30.3 Å². The molecule has 3 aromatic rings. The van der Waals surface area contributed by atoms with Crippen LogP contribution in [0.2, 0.25) is 0 Å². The number of amides is 1. The molecule has 1 saturated heterocycles. The maximum atomic E-state index is 12.7. The van der Waals surface area contributed by atoms with Gasteiger partial charge < -0.3 is 4.90 Å². The Kier molecular flexibility index (Phi) is 6.43. The van der Waals surface area contributed by atoms with Crippen LogP contribution in [0.4, 0.5) is 0 Å². The molecule has 1 amide bonds. The summed E-state index contributed by atoms with van der Waals surface area (Å²) in [4.78, 5) is 23.1. The summed E-state index contributed by atoms with van der Waals surface area (Å²) in [7, 11) is 2.16. The number of hydrogen-bond acceptors (Lipinski definition) is 5. The third-order valence-corrected chi connectivity index (χ3v) is 7.65. The standard InChI is InChI=1S/C23H27N3OS2/c1-17-6-3-4-7-18(17)14-26-12-11-20(9-10-22(26)27)25(2)15-19-16-29-23(24-19)21-8-5-13-28-21/h3-8,13,16,20H,9-12,14-15H2,1-2H3/t20-/m1/s1. The van der Waals surface area contributed by atoms with Gasteiger partial charge in [0.25, 0.3) is 0 Å². The van der Waals surface area contributed by atoms with Gasteiger partial charge in [0.2, 0.25) is 5.91 Å². The molecule has 0 spiro atoms. The van der Waals surface area contributed by atoms with Gasteiger partial charge in [0.05, 0.1) is 10.6 Å². The van der Waals surface area contributed by atoms with Crippen molar-refractivity contribution in [1.82, 2.24) is 14.8 Å². The molecule has 3 heterocycles. The SMILES string of the molecule is Cc1ccccc1CN1CC[C@H](N(C)Cc2csc(-c3cccs3)n2)CCC1=O. The average Bonchev–Trinajstić information content (AvgIpc) is 3.36. The van der Waals surface area contributed by atoms with E-state index in [4.69, 9.17) is 4.98 Å². The van der Waals surface area contributed by atoms with Crippen LogP contribution in [0.15, 0.2) is 47.2 Å². The number of aryl methyl sites for hydroxylation is 1. The molecule has 2 aromatic heterocycles. The Labute approximate surface area is 180 Å². The van der Waals surface area contributed by atoms with Crippen LogP contribution in [0, 0.1) is 6.92 Å². The van der Waals surface area contributed by atoms with Gasteiger partial charge in [-0.25, -0.2) is 4.98 Å². The molecule has 0 saturated carbocycles. The van der Waals surface area contributed by atoms with Crippen molar-refractivity contribution in [3.8, 4) is 9.88 Å². The first-order chi connectivity index (χ1) is 14.1. The number of hydrogen-bond donors (Lipinski definition) is 0. The third kappa shape index (κ3) is 4.94. The van der Waals surface area contributed by atoms with Crippen LogP contribution in [-0.4, -0.2) is 40.3 Å². The van der Waals surface area contributed by atoms with Gasteiger partial charge >= 0.3 is 0 Å². The number of rotatable bonds is 6. The zero-order valence-electron chi connectivity index (χ0n) is 17.0. The monoisotopic (exact) mass is 425 g/mol. The molecule has 4 rings (SSSR count). The number of thiophene rings is 1. The van der Waals surface area contributed by atoms with Crippen molar-refractivity contribution in [1.29, 1.82) is 0 Å². The van der Waals surface area contributed by atoms with Gasteiger partial charge in [-0.2, -0.15) is 0 Å². The molecule has 0 N–H and O–H groups in total. The summed E-state index contributed by atoms with van der Waals surface area (Å²) >= 11 is 3.45. The van der Waals surface area contributed by atoms with E-state index in [0.717, 1.165) is 43.2 Å². The van der Waals surface area contributed by atoms with Crippen LogP contribution in [0.1, 0.15) is 36.1 Å². The lowest BCUT2D eigenvalue weighted by Gasteiger charge is -2.26. The van der Waals surface area contributed by atoms with Crippen LogP contribution >= 0.6 is 22.7 Å². The molecule has 1 atom stereocenters. The quantitative estimate of drug-likeness (QED) is 0.545. The second-order valence-corrected chi connectivity index (χ2v) is 9.57. The highest BCUT2D eigenvalue weighted by molar-refractivity contribution is 7.20. The molecule has 0 aliphatic carbocycles. The van der Waals surface area contributed by atoms with E-state index >= 15 is 0 Å². The Morgan fingerprint density at radius 3 is 2.83 bits per heavy atom. The van der Waals surface area contributed by atoms with Crippen LogP contribution in [-0.2, 0) is 17.9 Å². The molecule has 0 unspecified atom stereocenters. The lowest BCUT2D eigenvalue weighted by molar-refractivity contribution is -0.131. The van der Waals surface area contributed by atoms with Gasteiger partial charge in [0, 0.05) is 37.5 Å². The summed E-state index contributed by atoms with van der Waals surface area (Å²) in [6.45, 7) is 4.49. The first-order valence-electron chi connectivity index (χ1n) is 10.1. The molecule has 1 aliphatic rings. The largest absolute Gasteiger partial charge is 0.338 e. The smallest absolute Gasteiger partial charge is 0.222 e. The fourth-order valence-corrected chi connectivity index (χ4v) is 5.53. The van der Waals surface area contributed by atoms with E-state index in [1.54, 1.807) is 22.7 Å². The summed E-state index contributed by atoms with van der Waals surface area (Å²) in [6.07, 6.45) is 2.55. The van der Waals surface area contributed by atoms with Gasteiger partial charge in [-0.05, 0) is 49.4 Å². The molecule has 152 valence electrons. The van der Waals surface area contributed by atoms with Crippen LogP contribution in [0.3, 0.4) is 0 Å². The van der Waals surface area contributed by atoms with Crippen LogP contribution in [0.25, 0.3) is 9.88 Å². The molecule has 1 aliphatic heterocycles. The number of carbonyl (C=O) groups excluding carboxylic acids is 1. The van der Waals surface area contributed by atoms with E-state index < -0.39 is 0 Å². The number of nitrogens with zero attached hydrogens (tertiary/aromatic N) is 3. The van der Waals surface area contributed by atoms with Crippen molar-refractivity contribution in [2.24, 2.45) is 0 Å². The molecular weight excluding hydrogens is 398 g/mol. The zero-order valence-corrected chi connectivity index (χ0v) is 18.6. The van der Waals surface area contributed by atoms with E-state index in [2.05, 4.69) is 66.0 Å². The summed E-state index contributed by atoms with van der Waals surface area (Å²) < 4.78 is 0. The van der Waals surface area contributed by atoms with Gasteiger partial charge in [0.15, 0.2) is 0 Å². The fourth-order valence-electron chi connectivity index (χ4n) is 3.90. The Balaban J connectivity index is 1.36. The van der Waals surface area contributed by atoms with Crippen molar-refractivity contribution >= 4 is 28.6 Å². The number of benzene rings is 1. The summed E-state index contributed by atoms with van der Waals surface area (Å²) in [6, 6.07) is 13.0. The zero-order chi connectivity index (χ0) is 20.2. The predicted octanol–water partition coefficient (Wildman–Crippen LogP) is 5.19. The van der Waals surface area contributed by atoms with E-state index in [1.165, 1.54) is 16.0 Å². The van der Waals surface area contributed by atoms with E-state index in [0.29, 0.717) is 12.5 Å². The third-order valence-electron chi connectivity index (χ3n) is 5.72. The topological polar surface area (TPSA) is 36.4 Å². The molecule has 29 heavy (non-hydrogen) atoms. The maximum absolute atomic E-state index is 12.7. The number of aromatic nitrogens is 1. The highest BCUT2D eigenvalue weighted by atomic mass is 32.1. The molecule has 0 bridgehead atoms.